The van der Waals surface area contributed by atoms with Crippen LogP contribution in [-0.4, -0.2) is 16.5 Å². The number of nitrogens with zero attached hydrogens (tertiary/aromatic N) is 3. The fourth-order valence-electron chi connectivity index (χ4n) is 1.53. The first-order valence-electron chi connectivity index (χ1n) is 5.75. The summed E-state index contributed by atoms with van der Waals surface area (Å²) in [5, 5.41) is 15.4. The van der Waals surface area contributed by atoms with Gasteiger partial charge in [-0.25, -0.2) is 9.97 Å². The van der Waals surface area contributed by atoms with E-state index in [-0.39, 0.29) is 0 Å². The van der Waals surface area contributed by atoms with Crippen molar-refractivity contribution in [2.24, 2.45) is 0 Å². The van der Waals surface area contributed by atoms with Crippen LogP contribution < -0.4 is 10.6 Å². The molecule has 96 valence electrons. The quantitative estimate of drug-likeness (QED) is 0.895. The van der Waals surface area contributed by atoms with Gasteiger partial charge in [0.05, 0.1) is 22.3 Å². The summed E-state index contributed by atoms with van der Waals surface area (Å²) in [6.07, 6.45) is 1.47. The first-order valence-corrected chi connectivity index (χ1v) is 6.13. The van der Waals surface area contributed by atoms with Crippen molar-refractivity contribution < 1.29 is 0 Å². The Hall–Kier alpha value is -2.32. The van der Waals surface area contributed by atoms with E-state index in [2.05, 4.69) is 20.6 Å². The molecular weight excluding hydrogens is 262 g/mol. The lowest BCUT2D eigenvalue weighted by Gasteiger charge is -2.09. The summed E-state index contributed by atoms with van der Waals surface area (Å²) < 4.78 is 0. The number of anilines is 3. The van der Waals surface area contributed by atoms with E-state index < -0.39 is 0 Å². The maximum Gasteiger partial charge on any atom is 0.135 e. The lowest BCUT2D eigenvalue weighted by atomic mass is 10.2. The molecule has 0 saturated carbocycles. The molecule has 1 heterocycles. The van der Waals surface area contributed by atoms with Crippen molar-refractivity contribution in [2.45, 2.75) is 6.92 Å². The Bertz CT molecular complexity index is 621. The van der Waals surface area contributed by atoms with Gasteiger partial charge in [-0.2, -0.15) is 5.26 Å². The van der Waals surface area contributed by atoms with Gasteiger partial charge in [0.15, 0.2) is 0 Å². The van der Waals surface area contributed by atoms with Crippen LogP contribution in [0.25, 0.3) is 0 Å². The highest BCUT2D eigenvalue weighted by Crippen LogP contribution is 2.25. The summed E-state index contributed by atoms with van der Waals surface area (Å²) in [6.45, 7) is 2.78. The van der Waals surface area contributed by atoms with E-state index in [0.29, 0.717) is 22.1 Å². The molecule has 2 N–H and O–H groups in total. The smallest absolute Gasteiger partial charge is 0.135 e. The van der Waals surface area contributed by atoms with Crippen LogP contribution in [0.15, 0.2) is 30.6 Å². The van der Waals surface area contributed by atoms with Crippen LogP contribution in [-0.2, 0) is 0 Å². The van der Waals surface area contributed by atoms with Crippen LogP contribution in [0.5, 0.6) is 0 Å². The average molecular weight is 274 g/mol. The molecule has 0 unspecified atom stereocenters. The second kappa shape index (κ2) is 6.03. The normalized spacial score (nSPS) is 9.74. The topological polar surface area (TPSA) is 73.6 Å². The molecule has 0 aliphatic carbocycles. The van der Waals surface area contributed by atoms with Crippen LogP contribution in [0.1, 0.15) is 12.5 Å². The van der Waals surface area contributed by atoms with E-state index in [1.807, 2.05) is 13.0 Å². The molecule has 0 atom stereocenters. The van der Waals surface area contributed by atoms with Crippen molar-refractivity contribution in [3.05, 3.63) is 41.2 Å². The van der Waals surface area contributed by atoms with E-state index in [1.165, 1.54) is 6.33 Å². The fraction of sp³-hybridized carbons (Fsp3) is 0.154. The van der Waals surface area contributed by atoms with Crippen molar-refractivity contribution in [1.29, 1.82) is 5.26 Å². The van der Waals surface area contributed by atoms with Crippen molar-refractivity contribution in [3.8, 4) is 6.07 Å². The second-order valence-corrected chi connectivity index (χ2v) is 4.16. The molecule has 0 aliphatic heterocycles. The zero-order chi connectivity index (χ0) is 13.7. The minimum Gasteiger partial charge on any atom is -0.370 e. The van der Waals surface area contributed by atoms with Gasteiger partial charge in [-0.3, -0.25) is 0 Å². The van der Waals surface area contributed by atoms with Crippen LogP contribution in [0.2, 0.25) is 5.02 Å². The summed E-state index contributed by atoms with van der Waals surface area (Å²) in [7, 11) is 0. The van der Waals surface area contributed by atoms with E-state index in [4.69, 9.17) is 16.9 Å². The third kappa shape index (κ3) is 3.33. The van der Waals surface area contributed by atoms with E-state index in [0.717, 1.165) is 12.4 Å². The number of rotatable bonds is 4. The van der Waals surface area contributed by atoms with E-state index in [9.17, 15) is 0 Å². The number of nitrogens with one attached hydrogen (secondary N) is 2. The molecule has 0 radical (unpaired) electrons. The fourth-order valence-corrected chi connectivity index (χ4v) is 1.76. The average Bonchev–Trinajstić information content (AvgIpc) is 2.42. The Morgan fingerprint density at radius 3 is 2.74 bits per heavy atom. The predicted octanol–water partition coefficient (Wildman–Crippen LogP) is 3.18. The zero-order valence-corrected chi connectivity index (χ0v) is 11.1. The van der Waals surface area contributed by atoms with Gasteiger partial charge < -0.3 is 10.6 Å². The summed E-state index contributed by atoms with van der Waals surface area (Å²) >= 11 is 6.09. The number of aromatic nitrogens is 2. The molecule has 0 saturated heterocycles. The van der Waals surface area contributed by atoms with Crippen molar-refractivity contribution in [1.82, 2.24) is 9.97 Å². The first kappa shape index (κ1) is 13.1. The van der Waals surface area contributed by atoms with Gasteiger partial charge in [-0.15, -0.1) is 0 Å². The standard InChI is InChI=1S/C13H12ClN5/c1-2-16-12-6-13(18-8-17-12)19-11-4-3-9(7-15)5-10(11)14/h3-6,8H,2H2,1H3,(H2,16,17,18,19). The third-order valence-electron chi connectivity index (χ3n) is 2.39. The van der Waals surface area contributed by atoms with Gasteiger partial charge in [0.25, 0.3) is 0 Å². The largest absolute Gasteiger partial charge is 0.370 e. The SMILES string of the molecule is CCNc1cc(Nc2ccc(C#N)cc2Cl)ncn1. The van der Waals surface area contributed by atoms with Gasteiger partial charge in [-0.05, 0) is 25.1 Å². The maximum absolute atomic E-state index is 8.78. The Kier molecular flexibility index (Phi) is 4.16. The molecule has 0 amide bonds. The molecule has 0 bridgehead atoms. The van der Waals surface area contributed by atoms with Gasteiger partial charge in [0, 0.05) is 12.6 Å². The molecule has 0 spiro atoms. The lowest BCUT2D eigenvalue weighted by molar-refractivity contribution is 1.11. The van der Waals surface area contributed by atoms with Gasteiger partial charge in [0.2, 0.25) is 0 Å². The number of hydrogen-bond donors (Lipinski definition) is 2. The molecule has 6 heteroatoms. The summed E-state index contributed by atoms with van der Waals surface area (Å²) in [5.41, 5.74) is 1.22. The number of halogens is 1. The molecule has 0 aliphatic rings. The van der Waals surface area contributed by atoms with Gasteiger partial charge in [0.1, 0.15) is 18.0 Å². The van der Waals surface area contributed by atoms with Gasteiger partial charge in [-0.1, -0.05) is 11.6 Å². The first-order chi connectivity index (χ1) is 9.22. The minimum atomic E-state index is 0.475. The Labute approximate surface area is 116 Å². The Morgan fingerprint density at radius 2 is 2.05 bits per heavy atom. The monoisotopic (exact) mass is 273 g/mol. The molecule has 19 heavy (non-hydrogen) atoms. The number of benzene rings is 1. The Balaban J connectivity index is 2.21. The van der Waals surface area contributed by atoms with Crippen LogP contribution >= 0.6 is 11.6 Å². The van der Waals surface area contributed by atoms with Crippen LogP contribution in [0.4, 0.5) is 17.3 Å². The highest BCUT2D eigenvalue weighted by atomic mass is 35.5. The minimum absolute atomic E-state index is 0.475. The van der Waals surface area contributed by atoms with Crippen LogP contribution in [0.3, 0.4) is 0 Å². The highest BCUT2D eigenvalue weighted by Gasteiger charge is 2.04. The highest BCUT2D eigenvalue weighted by molar-refractivity contribution is 6.33. The van der Waals surface area contributed by atoms with E-state index in [1.54, 1.807) is 24.3 Å². The summed E-state index contributed by atoms with van der Waals surface area (Å²) in [5.74, 6) is 1.38. The number of hydrogen-bond acceptors (Lipinski definition) is 5. The van der Waals surface area contributed by atoms with Crippen molar-refractivity contribution in [3.63, 3.8) is 0 Å². The molecular formula is C13H12ClN5. The third-order valence-corrected chi connectivity index (χ3v) is 2.70. The maximum atomic E-state index is 8.78. The molecule has 2 rings (SSSR count). The zero-order valence-electron chi connectivity index (χ0n) is 10.3. The molecule has 2 aromatic rings. The van der Waals surface area contributed by atoms with Crippen molar-refractivity contribution >= 4 is 28.9 Å². The molecule has 5 nitrogen and oxygen atoms in total. The summed E-state index contributed by atoms with van der Waals surface area (Å²) in [4.78, 5) is 8.20. The second-order valence-electron chi connectivity index (χ2n) is 3.75. The van der Waals surface area contributed by atoms with Crippen molar-refractivity contribution in [2.75, 3.05) is 17.2 Å². The van der Waals surface area contributed by atoms with E-state index >= 15 is 0 Å². The summed E-state index contributed by atoms with van der Waals surface area (Å²) in [6, 6.07) is 8.88. The lowest BCUT2D eigenvalue weighted by Crippen LogP contribution is -2.01. The van der Waals surface area contributed by atoms with Gasteiger partial charge >= 0.3 is 0 Å². The molecule has 1 aromatic heterocycles. The molecule has 0 fully saturated rings. The number of nitriles is 1. The predicted molar refractivity (Wildman–Crippen MR) is 75.6 cm³/mol. The molecule has 1 aromatic carbocycles. The van der Waals surface area contributed by atoms with Crippen LogP contribution in [0, 0.1) is 11.3 Å². The Morgan fingerprint density at radius 1 is 1.26 bits per heavy atom.